The van der Waals surface area contributed by atoms with Crippen molar-refractivity contribution in [3.63, 3.8) is 0 Å². The van der Waals surface area contributed by atoms with Gasteiger partial charge in [-0.1, -0.05) is 72.3 Å². The highest BCUT2D eigenvalue weighted by Gasteiger charge is 2.14. The van der Waals surface area contributed by atoms with Gasteiger partial charge in [0.05, 0.1) is 6.34 Å². The summed E-state index contributed by atoms with van der Waals surface area (Å²) in [6.45, 7) is 1.68. The van der Waals surface area contributed by atoms with Crippen LogP contribution in [0.2, 0.25) is 0 Å². The minimum absolute atomic E-state index is 0.628. The average molecular weight is 297 g/mol. The fourth-order valence-electron chi connectivity index (χ4n) is 2.46. The molecule has 0 aromatic heterocycles. The Labute approximate surface area is 130 Å². The Balaban J connectivity index is 1.69. The van der Waals surface area contributed by atoms with Crippen molar-refractivity contribution in [1.29, 1.82) is 0 Å². The zero-order valence-corrected chi connectivity index (χ0v) is 12.5. The maximum absolute atomic E-state index is 6.26. The van der Waals surface area contributed by atoms with Crippen molar-refractivity contribution in [2.75, 3.05) is 6.54 Å². The molecule has 1 aliphatic rings. The van der Waals surface area contributed by atoms with Gasteiger partial charge in [-0.15, -0.1) is 0 Å². The molecule has 0 N–H and O–H groups in total. The molecular weight excluding hydrogens is 280 g/mol. The lowest BCUT2D eigenvalue weighted by Gasteiger charge is -2.25. The number of hydrogen-bond acceptors (Lipinski definition) is 2. The molecule has 0 saturated heterocycles. The number of nitrogens with zero attached hydrogens (tertiary/aromatic N) is 2. The Morgan fingerprint density at radius 3 is 2.19 bits per heavy atom. The van der Waals surface area contributed by atoms with Crippen LogP contribution in [0.5, 0.6) is 0 Å². The molecule has 0 atom stereocenters. The molecule has 0 fully saturated rings. The first-order chi connectivity index (χ1) is 10.3. The first-order valence-corrected chi connectivity index (χ1v) is 7.42. The van der Waals surface area contributed by atoms with E-state index in [0.717, 1.165) is 19.5 Å². The molecule has 3 rings (SSSR count). The summed E-state index contributed by atoms with van der Waals surface area (Å²) in [6.07, 6.45) is 2.69. The Kier molecular flexibility index (Phi) is 4.37. The predicted octanol–water partition coefficient (Wildman–Crippen LogP) is 4.22. The fourth-order valence-corrected chi connectivity index (χ4v) is 2.63. The molecule has 0 aliphatic carbocycles. The van der Waals surface area contributed by atoms with Gasteiger partial charge < -0.3 is 4.90 Å². The first kappa shape index (κ1) is 13.9. The summed E-state index contributed by atoms with van der Waals surface area (Å²) in [5, 5.41) is 0.628. The van der Waals surface area contributed by atoms with Gasteiger partial charge in [-0.05, 0) is 23.1 Å². The van der Waals surface area contributed by atoms with Crippen LogP contribution in [0.4, 0.5) is 0 Å². The van der Waals surface area contributed by atoms with E-state index < -0.39 is 0 Å². The van der Waals surface area contributed by atoms with Crippen LogP contribution >= 0.6 is 11.6 Å². The highest BCUT2D eigenvalue weighted by atomic mass is 35.5. The predicted molar refractivity (Wildman–Crippen MR) is 88.4 cm³/mol. The van der Waals surface area contributed by atoms with Crippen molar-refractivity contribution in [1.82, 2.24) is 4.90 Å². The van der Waals surface area contributed by atoms with Crippen LogP contribution in [0.15, 0.2) is 76.4 Å². The van der Waals surface area contributed by atoms with Gasteiger partial charge in [0, 0.05) is 13.1 Å². The summed E-state index contributed by atoms with van der Waals surface area (Å²) < 4.78 is 0. The van der Waals surface area contributed by atoms with E-state index in [4.69, 9.17) is 11.6 Å². The Morgan fingerprint density at radius 1 is 0.905 bits per heavy atom. The summed E-state index contributed by atoms with van der Waals surface area (Å²) in [5.41, 5.74) is 3.71. The van der Waals surface area contributed by atoms with Gasteiger partial charge >= 0.3 is 0 Å². The Morgan fingerprint density at radius 2 is 1.52 bits per heavy atom. The molecule has 0 amide bonds. The van der Waals surface area contributed by atoms with E-state index in [0.29, 0.717) is 5.16 Å². The van der Waals surface area contributed by atoms with Crippen LogP contribution in [0.25, 0.3) is 0 Å². The molecule has 0 radical (unpaired) electrons. The Bertz CT molecular complexity index is 647. The van der Waals surface area contributed by atoms with Gasteiger partial charge in [0.25, 0.3) is 0 Å². The highest BCUT2D eigenvalue weighted by molar-refractivity contribution is 6.30. The van der Waals surface area contributed by atoms with E-state index in [-0.39, 0.29) is 0 Å². The average Bonchev–Trinajstić information content (AvgIpc) is 2.53. The lowest BCUT2D eigenvalue weighted by Crippen LogP contribution is -2.27. The zero-order valence-electron chi connectivity index (χ0n) is 11.7. The molecular formula is C18H17ClN2. The lowest BCUT2D eigenvalue weighted by molar-refractivity contribution is 0.448. The largest absolute Gasteiger partial charge is 0.354 e. The van der Waals surface area contributed by atoms with Crippen molar-refractivity contribution in [3.8, 4) is 0 Å². The summed E-state index contributed by atoms with van der Waals surface area (Å²) in [7, 11) is 0. The molecule has 3 heteroatoms. The van der Waals surface area contributed by atoms with Crippen molar-refractivity contribution in [2.45, 2.75) is 13.0 Å². The number of hydrogen-bond donors (Lipinski definition) is 0. The van der Waals surface area contributed by atoms with Crippen LogP contribution in [0.3, 0.4) is 0 Å². The van der Waals surface area contributed by atoms with Crippen LogP contribution in [0, 0.1) is 0 Å². The van der Waals surface area contributed by atoms with Gasteiger partial charge in [0.15, 0.2) is 0 Å². The number of rotatable bonds is 4. The second-order valence-corrected chi connectivity index (χ2v) is 5.55. The van der Waals surface area contributed by atoms with Gasteiger partial charge in [0.2, 0.25) is 0 Å². The van der Waals surface area contributed by atoms with Crippen LogP contribution in [-0.2, 0) is 13.0 Å². The van der Waals surface area contributed by atoms with Gasteiger partial charge in [0.1, 0.15) is 5.16 Å². The monoisotopic (exact) mass is 296 g/mol. The number of halogens is 1. The van der Waals surface area contributed by atoms with E-state index >= 15 is 0 Å². The Hall–Kier alpha value is -2.06. The van der Waals surface area contributed by atoms with Crippen LogP contribution in [0.1, 0.15) is 11.1 Å². The molecule has 21 heavy (non-hydrogen) atoms. The van der Waals surface area contributed by atoms with E-state index in [2.05, 4.69) is 58.4 Å². The molecule has 1 heterocycles. The molecule has 0 bridgehead atoms. The molecule has 0 spiro atoms. The van der Waals surface area contributed by atoms with Crippen molar-refractivity contribution in [2.24, 2.45) is 4.99 Å². The maximum Gasteiger partial charge on any atom is 0.132 e. The third-order valence-electron chi connectivity index (χ3n) is 3.51. The third kappa shape index (κ3) is 3.73. The van der Waals surface area contributed by atoms with E-state index in [1.54, 1.807) is 0 Å². The SMILES string of the molecule is ClC1=C(Cc2ccccc2)CN(Cc2ccccc2)C=N1. The normalized spacial score (nSPS) is 14.6. The summed E-state index contributed by atoms with van der Waals surface area (Å²) in [6, 6.07) is 20.8. The summed E-state index contributed by atoms with van der Waals surface area (Å²) >= 11 is 6.26. The summed E-state index contributed by atoms with van der Waals surface area (Å²) in [5.74, 6) is 0. The van der Waals surface area contributed by atoms with Gasteiger partial charge in [-0.25, -0.2) is 4.99 Å². The van der Waals surface area contributed by atoms with Gasteiger partial charge in [-0.3, -0.25) is 0 Å². The smallest absolute Gasteiger partial charge is 0.132 e. The molecule has 0 unspecified atom stereocenters. The molecule has 1 aliphatic heterocycles. The fraction of sp³-hybridized carbons (Fsp3) is 0.167. The lowest BCUT2D eigenvalue weighted by atomic mass is 10.0. The van der Waals surface area contributed by atoms with E-state index in [1.807, 2.05) is 18.5 Å². The molecule has 2 nitrogen and oxygen atoms in total. The van der Waals surface area contributed by atoms with E-state index in [1.165, 1.54) is 16.7 Å². The number of benzene rings is 2. The minimum atomic E-state index is 0.628. The van der Waals surface area contributed by atoms with Crippen molar-refractivity contribution >= 4 is 17.9 Å². The molecule has 106 valence electrons. The number of aliphatic imine (C=N–C) groups is 1. The molecule has 2 aromatic carbocycles. The topological polar surface area (TPSA) is 15.6 Å². The minimum Gasteiger partial charge on any atom is -0.354 e. The quantitative estimate of drug-likeness (QED) is 0.771. The van der Waals surface area contributed by atoms with Gasteiger partial charge in [-0.2, -0.15) is 0 Å². The molecule has 2 aromatic rings. The first-order valence-electron chi connectivity index (χ1n) is 7.05. The van der Waals surface area contributed by atoms with Crippen molar-refractivity contribution in [3.05, 3.63) is 82.5 Å². The van der Waals surface area contributed by atoms with Crippen LogP contribution in [-0.4, -0.2) is 17.8 Å². The second-order valence-electron chi connectivity index (χ2n) is 5.19. The zero-order chi connectivity index (χ0) is 14.5. The standard InChI is InChI=1S/C18H17ClN2/c19-18-17(11-15-7-3-1-4-8-15)13-21(14-20-18)12-16-9-5-2-6-10-16/h1-10,14H,11-13H2. The third-order valence-corrected chi connectivity index (χ3v) is 3.87. The van der Waals surface area contributed by atoms with Crippen LogP contribution < -0.4 is 0 Å². The highest BCUT2D eigenvalue weighted by Crippen LogP contribution is 2.21. The molecule has 0 saturated carbocycles. The van der Waals surface area contributed by atoms with E-state index in [9.17, 15) is 0 Å². The maximum atomic E-state index is 6.26. The van der Waals surface area contributed by atoms with Crippen molar-refractivity contribution < 1.29 is 0 Å². The summed E-state index contributed by atoms with van der Waals surface area (Å²) in [4.78, 5) is 6.52. The second kappa shape index (κ2) is 6.59.